The Bertz CT molecular complexity index is 278. The summed E-state index contributed by atoms with van der Waals surface area (Å²) >= 11 is 0. The average Bonchev–Trinajstić information content (AvgIpc) is 2.04. The average molecular weight is 182 g/mol. The molecule has 0 radical (unpaired) electrons. The standard InChI is InChI=1S/C10H14O3/c1-7(11)8-3-5-10(2,6-4-8)9(12)13/h3H,4-6H2,1-2H3,(H,12,13). The van der Waals surface area contributed by atoms with E-state index in [0.29, 0.717) is 19.3 Å². The van der Waals surface area contributed by atoms with Crippen molar-refractivity contribution in [3.05, 3.63) is 11.6 Å². The summed E-state index contributed by atoms with van der Waals surface area (Å²) in [4.78, 5) is 21.8. The van der Waals surface area contributed by atoms with Crippen LogP contribution < -0.4 is 0 Å². The summed E-state index contributed by atoms with van der Waals surface area (Å²) < 4.78 is 0. The number of allylic oxidation sites excluding steroid dienone is 2. The van der Waals surface area contributed by atoms with Gasteiger partial charge in [-0.05, 0) is 38.7 Å². The number of rotatable bonds is 2. The molecule has 1 aliphatic rings. The van der Waals surface area contributed by atoms with Crippen molar-refractivity contribution < 1.29 is 14.7 Å². The number of carboxylic acids is 1. The van der Waals surface area contributed by atoms with E-state index >= 15 is 0 Å². The minimum atomic E-state index is -0.772. The molecule has 0 heterocycles. The molecule has 0 aromatic heterocycles. The molecule has 0 saturated carbocycles. The number of Topliss-reactive ketones (excluding diaryl/α,β-unsaturated/α-hetero) is 1. The summed E-state index contributed by atoms with van der Waals surface area (Å²) in [6, 6.07) is 0. The molecule has 3 nitrogen and oxygen atoms in total. The zero-order chi connectivity index (χ0) is 10.1. The van der Waals surface area contributed by atoms with Crippen LogP contribution in [-0.4, -0.2) is 16.9 Å². The molecule has 0 bridgehead atoms. The fraction of sp³-hybridized carbons (Fsp3) is 0.600. The van der Waals surface area contributed by atoms with Crippen LogP contribution >= 0.6 is 0 Å². The van der Waals surface area contributed by atoms with Gasteiger partial charge in [0.25, 0.3) is 0 Å². The lowest BCUT2D eigenvalue weighted by Crippen LogP contribution is -2.29. The molecule has 1 aliphatic carbocycles. The highest BCUT2D eigenvalue weighted by molar-refractivity contribution is 5.93. The zero-order valence-corrected chi connectivity index (χ0v) is 7.96. The van der Waals surface area contributed by atoms with E-state index in [9.17, 15) is 9.59 Å². The Hall–Kier alpha value is -1.12. The number of carbonyl (C=O) groups is 2. The van der Waals surface area contributed by atoms with Gasteiger partial charge < -0.3 is 5.11 Å². The Labute approximate surface area is 77.4 Å². The maximum Gasteiger partial charge on any atom is 0.309 e. The summed E-state index contributed by atoms with van der Waals surface area (Å²) in [7, 11) is 0. The van der Waals surface area contributed by atoms with Gasteiger partial charge in [0.15, 0.2) is 5.78 Å². The molecule has 3 heteroatoms. The summed E-state index contributed by atoms with van der Waals surface area (Å²) in [6.07, 6.45) is 3.39. The Morgan fingerprint density at radius 1 is 1.54 bits per heavy atom. The van der Waals surface area contributed by atoms with E-state index in [1.54, 1.807) is 13.0 Å². The third-order valence-electron chi connectivity index (χ3n) is 2.71. The molecule has 0 fully saturated rings. The maximum atomic E-state index is 11.0. The van der Waals surface area contributed by atoms with Crippen molar-refractivity contribution in [1.29, 1.82) is 0 Å². The van der Waals surface area contributed by atoms with Gasteiger partial charge in [-0.2, -0.15) is 0 Å². The van der Waals surface area contributed by atoms with Crippen LogP contribution in [0.4, 0.5) is 0 Å². The first kappa shape index (κ1) is 9.96. The third-order valence-corrected chi connectivity index (χ3v) is 2.71. The predicted octanol–water partition coefficient (Wildman–Crippen LogP) is 1.78. The van der Waals surface area contributed by atoms with Gasteiger partial charge in [-0.25, -0.2) is 0 Å². The summed E-state index contributed by atoms with van der Waals surface area (Å²) in [5.41, 5.74) is 0.109. The van der Waals surface area contributed by atoms with Crippen molar-refractivity contribution in [2.75, 3.05) is 0 Å². The van der Waals surface area contributed by atoms with E-state index in [1.807, 2.05) is 0 Å². The molecule has 1 unspecified atom stereocenters. The van der Waals surface area contributed by atoms with Crippen molar-refractivity contribution >= 4 is 11.8 Å². The summed E-state index contributed by atoms with van der Waals surface area (Å²) in [5.74, 6) is -0.709. The number of hydrogen-bond acceptors (Lipinski definition) is 2. The smallest absolute Gasteiger partial charge is 0.309 e. The van der Waals surface area contributed by atoms with Crippen molar-refractivity contribution in [3.8, 4) is 0 Å². The van der Waals surface area contributed by atoms with Gasteiger partial charge in [-0.15, -0.1) is 0 Å². The van der Waals surface area contributed by atoms with Crippen molar-refractivity contribution in [2.24, 2.45) is 5.41 Å². The maximum absolute atomic E-state index is 11.0. The van der Waals surface area contributed by atoms with E-state index < -0.39 is 11.4 Å². The second-order valence-corrected chi connectivity index (χ2v) is 3.86. The van der Waals surface area contributed by atoms with Crippen LogP contribution in [0.5, 0.6) is 0 Å². The number of carbonyl (C=O) groups excluding carboxylic acids is 1. The van der Waals surface area contributed by atoms with Gasteiger partial charge in [0.1, 0.15) is 0 Å². The lowest BCUT2D eigenvalue weighted by atomic mass is 9.76. The molecule has 72 valence electrons. The zero-order valence-electron chi connectivity index (χ0n) is 7.96. The van der Waals surface area contributed by atoms with Crippen LogP contribution in [0.3, 0.4) is 0 Å². The van der Waals surface area contributed by atoms with Crippen LogP contribution in [0.1, 0.15) is 33.1 Å². The van der Waals surface area contributed by atoms with Crippen LogP contribution in [0.15, 0.2) is 11.6 Å². The molecule has 0 saturated heterocycles. The van der Waals surface area contributed by atoms with Gasteiger partial charge in [-0.3, -0.25) is 9.59 Å². The van der Waals surface area contributed by atoms with E-state index in [-0.39, 0.29) is 5.78 Å². The van der Waals surface area contributed by atoms with Crippen LogP contribution in [0.2, 0.25) is 0 Å². The highest BCUT2D eigenvalue weighted by Crippen LogP contribution is 2.35. The Morgan fingerprint density at radius 3 is 2.46 bits per heavy atom. The SMILES string of the molecule is CC(=O)C1=CCC(C)(C(=O)O)CC1. The molecule has 0 aromatic rings. The number of aliphatic carboxylic acids is 1. The fourth-order valence-electron chi connectivity index (χ4n) is 1.48. The highest BCUT2D eigenvalue weighted by Gasteiger charge is 2.34. The van der Waals surface area contributed by atoms with Gasteiger partial charge in [0, 0.05) is 0 Å². The van der Waals surface area contributed by atoms with E-state index in [0.717, 1.165) is 5.57 Å². The van der Waals surface area contributed by atoms with Gasteiger partial charge in [0.2, 0.25) is 0 Å². The minimum absolute atomic E-state index is 0.0624. The van der Waals surface area contributed by atoms with E-state index in [1.165, 1.54) is 6.92 Å². The Kier molecular flexibility index (Phi) is 2.55. The minimum Gasteiger partial charge on any atom is -0.481 e. The van der Waals surface area contributed by atoms with E-state index in [2.05, 4.69) is 0 Å². The normalized spacial score (nSPS) is 28.0. The summed E-state index contributed by atoms with van der Waals surface area (Å²) in [6.45, 7) is 3.25. The first-order valence-corrected chi connectivity index (χ1v) is 4.39. The largest absolute Gasteiger partial charge is 0.481 e. The fourth-order valence-corrected chi connectivity index (χ4v) is 1.48. The topological polar surface area (TPSA) is 54.4 Å². The Balaban J connectivity index is 2.76. The Morgan fingerprint density at radius 2 is 2.15 bits per heavy atom. The summed E-state index contributed by atoms with van der Waals surface area (Å²) in [5, 5.41) is 8.91. The second-order valence-electron chi connectivity index (χ2n) is 3.86. The highest BCUT2D eigenvalue weighted by atomic mass is 16.4. The molecule has 0 amide bonds. The van der Waals surface area contributed by atoms with Crippen molar-refractivity contribution in [2.45, 2.75) is 33.1 Å². The first-order chi connectivity index (χ1) is 5.96. The number of hydrogen-bond donors (Lipinski definition) is 1. The number of ketones is 1. The molecular weight excluding hydrogens is 168 g/mol. The van der Waals surface area contributed by atoms with Crippen LogP contribution in [-0.2, 0) is 9.59 Å². The lowest BCUT2D eigenvalue weighted by Gasteiger charge is -2.27. The van der Waals surface area contributed by atoms with Crippen LogP contribution in [0.25, 0.3) is 0 Å². The van der Waals surface area contributed by atoms with Crippen molar-refractivity contribution in [1.82, 2.24) is 0 Å². The van der Waals surface area contributed by atoms with Gasteiger partial charge in [-0.1, -0.05) is 6.08 Å². The number of carboxylic acid groups (broad SMARTS) is 1. The lowest BCUT2D eigenvalue weighted by molar-refractivity contribution is -0.148. The molecule has 0 spiro atoms. The van der Waals surface area contributed by atoms with Gasteiger partial charge >= 0.3 is 5.97 Å². The quantitative estimate of drug-likeness (QED) is 0.708. The molecule has 13 heavy (non-hydrogen) atoms. The molecule has 1 atom stereocenters. The monoisotopic (exact) mass is 182 g/mol. The second kappa shape index (κ2) is 3.32. The predicted molar refractivity (Wildman–Crippen MR) is 48.4 cm³/mol. The van der Waals surface area contributed by atoms with E-state index in [4.69, 9.17) is 5.11 Å². The van der Waals surface area contributed by atoms with Crippen LogP contribution in [0, 0.1) is 5.41 Å². The molecule has 1 N–H and O–H groups in total. The molecular formula is C10H14O3. The molecule has 1 rings (SSSR count). The molecule has 0 aliphatic heterocycles. The van der Waals surface area contributed by atoms with Gasteiger partial charge in [0.05, 0.1) is 5.41 Å². The molecule has 0 aromatic carbocycles. The third kappa shape index (κ3) is 1.97. The first-order valence-electron chi connectivity index (χ1n) is 4.39. The van der Waals surface area contributed by atoms with Crippen molar-refractivity contribution in [3.63, 3.8) is 0 Å².